The standard InChI is InChI=1S/C23H23N5O/c1-15-13-20(21(29)27-19-8-6-5-7-16(19)14-24)28-22(25-15)26-18-11-9-17(10-12-18)23(2,3)4/h5-13H,1-4H3,(H,27,29)(H,25,26,28). The van der Waals surface area contributed by atoms with Crippen molar-refractivity contribution in [1.29, 1.82) is 5.26 Å². The minimum Gasteiger partial charge on any atom is -0.324 e. The second-order valence-electron chi connectivity index (χ2n) is 7.78. The van der Waals surface area contributed by atoms with Gasteiger partial charge in [0, 0.05) is 11.4 Å². The van der Waals surface area contributed by atoms with E-state index in [2.05, 4.69) is 59.6 Å². The molecular formula is C23H23N5O. The van der Waals surface area contributed by atoms with Crippen LogP contribution in [0.25, 0.3) is 0 Å². The van der Waals surface area contributed by atoms with Gasteiger partial charge in [-0.3, -0.25) is 4.79 Å². The Morgan fingerprint density at radius 3 is 2.38 bits per heavy atom. The van der Waals surface area contributed by atoms with Gasteiger partial charge >= 0.3 is 0 Å². The highest BCUT2D eigenvalue weighted by Gasteiger charge is 2.15. The van der Waals surface area contributed by atoms with E-state index in [-0.39, 0.29) is 11.1 Å². The SMILES string of the molecule is Cc1cc(C(=O)Nc2ccccc2C#N)nc(Nc2ccc(C(C)(C)C)cc2)n1. The number of anilines is 3. The molecule has 0 radical (unpaired) electrons. The Hall–Kier alpha value is -3.72. The zero-order valence-corrected chi connectivity index (χ0v) is 16.9. The van der Waals surface area contributed by atoms with Gasteiger partial charge in [0.05, 0.1) is 11.3 Å². The molecule has 0 fully saturated rings. The van der Waals surface area contributed by atoms with Gasteiger partial charge < -0.3 is 10.6 Å². The summed E-state index contributed by atoms with van der Waals surface area (Å²) < 4.78 is 0. The Kier molecular flexibility index (Phi) is 5.60. The van der Waals surface area contributed by atoms with Gasteiger partial charge in [-0.05, 0) is 48.2 Å². The van der Waals surface area contributed by atoms with Crippen LogP contribution in [0.4, 0.5) is 17.3 Å². The fourth-order valence-electron chi connectivity index (χ4n) is 2.80. The van der Waals surface area contributed by atoms with E-state index in [4.69, 9.17) is 0 Å². The van der Waals surface area contributed by atoms with E-state index >= 15 is 0 Å². The maximum atomic E-state index is 12.7. The lowest BCUT2D eigenvalue weighted by Gasteiger charge is -2.19. The third kappa shape index (κ3) is 4.96. The summed E-state index contributed by atoms with van der Waals surface area (Å²) in [7, 11) is 0. The van der Waals surface area contributed by atoms with Gasteiger partial charge in [-0.2, -0.15) is 5.26 Å². The first kappa shape index (κ1) is 20.0. The van der Waals surface area contributed by atoms with Gasteiger partial charge in [0.2, 0.25) is 5.95 Å². The predicted octanol–water partition coefficient (Wildman–Crippen LogP) is 4.95. The van der Waals surface area contributed by atoms with Crippen LogP contribution in [0, 0.1) is 18.3 Å². The van der Waals surface area contributed by atoms with Crippen molar-refractivity contribution in [2.24, 2.45) is 0 Å². The molecular weight excluding hydrogens is 362 g/mol. The molecule has 0 unspecified atom stereocenters. The Morgan fingerprint density at radius 2 is 1.72 bits per heavy atom. The summed E-state index contributed by atoms with van der Waals surface area (Å²) >= 11 is 0. The second kappa shape index (κ2) is 8.11. The molecule has 146 valence electrons. The topological polar surface area (TPSA) is 90.7 Å². The van der Waals surface area contributed by atoms with E-state index < -0.39 is 5.91 Å². The Morgan fingerprint density at radius 1 is 1.03 bits per heavy atom. The molecule has 0 aliphatic heterocycles. The van der Waals surface area contributed by atoms with E-state index in [0.29, 0.717) is 22.9 Å². The molecule has 1 aromatic heterocycles. The average molecular weight is 385 g/mol. The molecule has 3 rings (SSSR count). The molecule has 0 bridgehead atoms. The number of nitrogens with one attached hydrogen (secondary N) is 2. The normalized spacial score (nSPS) is 10.9. The molecule has 1 amide bonds. The highest BCUT2D eigenvalue weighted by atomic mass is 16.1. The van der Waals surface area contributed by atoms with E-state index in [1.54, 1.807) is 37.3 Å². The fraction of sp³-hybridized carbons (Fsp3) is 0.217. The number of para-hydroxylation sites is 1. The third-order valence-electron chi connectivity index (χ3n) is 4.39. The molecule has 6 nitrogen and oxygen atoms in total. The molecule has 1 heterocycles. The minimum atomic E-state index is -0.399. The summed E-state index contributed by atoms with van der Waals surface area (Å²) in [5.74, 6) is -0.0587. The number of nitriles is 1. The first-order valence-electron chi connectivity index (χ1n) is 9.30. The number of hydrogen-bond acceptors (Lipinski definition) is 5. The van der Waals surface area contributed by atoms with Crippen molar-refractivity contribution in [3.05, 3.63) is 77.1 Å². The van der Waals surface area contributed by atoms with E-state index in [9.17, 15) is 10.1 Å². The molecule has 0 atom stereocenters. The fourth-order valence-corrected chi connectivity index (χ4v) is 2.80. The van der Waals surface area contributed by atoms with Crippen LogP contribution in [0.5, 0.6) is 0 Å². The van der Waals surface area contributed by atoms with Gasteiger partial charge in [0.25, 0.3) is 5.91 Å². The lowest BCUT2D eigenvalue weighted by Crippen LogP contribution is -2.16. The maximum Gasteiger partial charge on any atom is 0.274 e. The number of rotatable bonds is 4. The first-order valence-corrected chi connectivity index (χ1v) is 9.30. The molecule has 0 aliphatic carbocycles. The van der Waals surface area contributed by atoms with Crippen molar-refractivity contribution >= 4 is 23.2 Å². The monoisotopic (exact) mass is 385 g/mol. The van der Waals surface area contributed by atoms with Gasteiger partial charge in [0.15, 0.2) is 0 Å². The molecule has 0 saturated heterocycles. The molecule has 29 heavy (non-hydrogen) atoms. The van der Waals surface area contributed by atoms with Crippen LogP contribution < -0.4 is 10.6 Å². The van der Waals surface area contributed by atoms with Crippen LogP contribution in [0.2, 0.25) is 0 Å². The number of carbonyl (C=O) groups excluding carboxylic acids is 1. The minimum absolute atomic E-state index is 0.0728. The number of hydrogen-bond donors (Lipinski definition) is 2. The molecule has 0 saturated carbocycles. The number of aryl methyl sites for hydroxylation is 1. The first-order chi connectivity index (χ1) is 13.8. The molecule has 0 aliphatic rings. The molecule has 3 aromatic rings. The van der Waals surface area contributed by atoms with Crippen molar-refractivity contribution in [3.63, 3.8) is 0 Å². The van der Waals surface area contributed by atoms with Crippen molar-refractivity contribution in [3.8, 4) is 6.07 Å². The van der Waals surface area contributed by atoms with Crippen LogP contribution >= 0.6 is 0 Å². The van der Waals surface area contributed by atoms with Gasteiger partial charge in [-0.1, -0.05) is 45.0 Å². The summed E-state index contributed by atoms with van der Waals surface area (Å²) in [5, 5.41) is 15.1. The quantitative estimate of drug-likeness (QED) is 0.663. The van der Waals surface area contributed by atoms with Gasteiger partial charge in [0.1, 0.15) is 11.8 Å². The lowest BCUT2D eigenvalue weighted by atomic mass is 9.87. The molecule has 2 aromatic carbocycles. The molecule has 6 heteroatoms. The predicted molar refractivity (Wildman–Crippen MR) is 114 cm³/mol. The summed E-state index contributed by atoms with van der Waals surface area (Å²) in [5.41, 5.74) is 3.86. The van der Waals surface area contributed by atoms with Crippen molar-refractivity contribution in [2.45, 2.75) is 33.1 Å². The average Bonchev–Trinajstić information content (AvgIpc) is 2.67. The van der Waals surface area contributed by atoms with Crippen molar-refractivity contribution < 1.29 is 4.79 Å². The molecule has 2 N–H and O–H groups in total. The number of amides is 1. The van der Waals surface area contributed by atoms with Gasteiger partial charge in [-0.15, -0.1) is 0 Å². The Balaban J connectivity index is 1.81. The second-order valence-corrected chi connectivity index (χ2v) is 7.78. The van der Waals surface area contributed by atoms with Crippen LogP contribution in [0.3, 0.4) is 0 Å². The molecule has 0 spiro atoms. The highest BCUT2D eigenvalue weighted by molar-refractivity contribution is 6.03. The summed E-state index contributed by atoms with van der Waals surface area (Å²) in [6.07, 6.45) is 0. The Labute approximate surface area is 170 Å². The number of carbonyl (C=O) groups is 1. The highest BCUT2D eigenvalue weighted by Crippen LogP contribution is 2.24. The lowest BCUT2D eigenvalue weighted by molar-refractivity contribution is 0.102. The number of aromatic nitrogens is 2. The van der Waals surface area contributed by atoms with E-state index in [1.807, 2.05) is 12.1 Å². The maximum absolute atomic E-state index is 12.7. The van der Waals surface area contributed by atoms with Crippen LogP contribution in [-0.4, -0.2) is 15.9 Å². The smallest absolute Gasteiger partial charge is 0.274 e. The number of benzene rings is 2. The summed E-state index contributed by atoms with van der Waals surface area (Å²) in [6.45, 7) is 8.28. The zero-order chi connectivity index (χ0) is 21.0. The van der Waals surface area contributed by atoms with Crippen molar-refractivity contribution in [1.82, 2.24) is 9.97 Å². The largest absolute Gasteiger partial charge is 0.324 e. The zero-order valence-electron chi connectivity index (χ0n) is 16.9. The Bertz CT molecular complexity index is 1080. The summed E-state index contributed by atoms with van der Waals surface area (Å²) in [4.78, 5) is 21.4. The van der Waals surface area contributed by atoms with Crippen LogP contribution in [-0.2, 0) is 5.41 Å². The van der Waals surface area contributed by atoms with E-state index in [1.165, 1.54) is 5.56 Å². The van der Waals surface area contributed by atoms with Gasteiger partial charge in [-0.25, -0.2) is 9.97 Å². The van der Waals surface area contributed by atoms with Crippen LogP contribution in [0.15, 0.2) is 54.6 Å². The summed E-state index contributed by atoms with van der Waals surface area (Å²) in [6, 6.07) is 18.6. The third-order valence-corrected chi connectivity index (χ3v) is 4.39. The van der Waals surface area contributed by atoms with Crippen molar-refractivity contribution in [2.75, 3.05) is 10.6 Å². The number of nitrogens with zero attached hydrogens (tertiary/aromatic N) is 3. The van der Waals surface area contributed by atoms with Crippen LogP contribution in [0.1, 0.15) is 48.1 Å². The van der Waals surface area contributed by atoms with E-state index in [0.717, 1.165) is 5.69 Å².